The Hall–Kier alpha value is -2.21. The summed E-state index contributed by atoms with van der Waals surface area (Å²) in [6.07, 6.45) is 1.02. The Morgan fingerprint density at radius 1 is 1.04 bits per heavy atom. The smallest absolute Gasteiger partial charge is 0.315 e. The lowest BCUT2D eigenvalue weighted by Gasteiger charge is -2.28. The van der Waals surface area contributed by atoms with Crippen molar-refractivity contribution in [2.24, 2.45) is 0 Å². The van der Waals surface area contributed by atoms with Crippen LogP contribution in [0.1, 0.15) is 39.4 Å². The van der Waals surface area contributed by atoms with Gasteiger partial charge in [0.05, 0.1) is 24.2 Å². The molecule has 0 radical (unpaired) electrons. The first-order chi connectivity index (χ1) is 13.5. The highest BCUT2D eigenvalue weighted by molar-refractivity contribution is 7.54. The number of benzene rings is 2. The maximum absolute atomic E-state index is 13.6. The maximum Gasteiger partial charge on any atom is 0.353 e. The quantitative estimate of drug-likeness (QED) is 0.341. The lowest BCUT2D eigenvalue weighted by atomic mass is 10.1. The third kappa shape index (κ3) is 3.58. The molecular weight excluding hydrogens is 379 g/mol. The molecule has 0 aliphatic carbocycles. The Kier molecular flexibility index (Phi) is 6.18. The first kappa shape index (κ1) is 20.5. The average Bonchev–Trinajstić information content (AvgIpc) is 2.68. The molecule has 3 rings (SSSR count). The SMILES string of the molecule is CCCC(n1c(=O)c(=O)[nH]c2c3ccccc3ccc21)P(=O)(OCC)OCC. The van der Waals surface area contributed by atoms with Gasteiger partial charge in [-0.2, -0.15) is 0 Å². The molecule has 0 spiro atoms. The van der Waals surface area contributed by atoms with Crippen LogP contribution in [0.5, 0.6) is 0 Å². The van der Waals surface area contributed by atoms with E-state index in [-0.39, 0.29) is 13.2 Å². The molecule has 1 unspecified atom stereocenters. The molecule has 3 aromatic rings. The summed E-state index contributed by atoms with van der Waals surface area (Å²) in [5, 5.41) is 1.74. The van der Waals surface area contributed by atoms with E-state index in [1.54, 1.807) is 19.9 Å². The van der Waals surface area contributed by atoms with Crippen LogP contribution in [0, 0.1) is 0 Å². The number of nitrogens with zero attached hydrogens (tertiary/aromatic N) is 1. The molecule has 1 heterocycles. The van der Waals surface area contributed by atoms with E-state index in [1.165, 1.54) is 4.57 Å². The molecule has 0 fully saturated rings. The molecule has 150 valence electrons. The summed E-state index contributed by atoms with van der Waals surface area (Å²) in [4.78, 5) is 28.1. The molecule has 2 aromatic carbocycles. The van der Waals surface area contributed by atoms with Crippen molar-refractivity contribution < 1.29 is 13.6 Å². The Labute approximate surface area is 162 Å². The summed E-state index contributed by atoms with van der Waals surface area (Å²) in [6.45, 7) is 5.72. The third-order valence-corrected chi connectivity index (χ3v) is 7.10. The van der Waals surface area contributed by atoms with E-state index in [1.807, 2.05) is 37.3 Å². The molecule has 0 aliphatic heterocycles. The van der Waals surface area contributed by atoms with Crippen LogP contribution < -0.4 is 11.1 Å². The van der Waals surface area contributed by atoms with Gasteiger partial charge in [0.15, 0.2) is 0 Å². The predicted octanol–water partition coefficient (Wildman–Crippen LogP) is 4.41. The van der Waals surface area contributed by atoms with Crippen molar-refractivity contribution in [3.8, 4) is 0 Å². The Bertz CT molecular complexity index is 1140. The zero-order valence-corrected chi connectivity index (χ0v) is 17.2. The summed E-state index contributed by atoms with van der Waals surface area (Å²) in [7, 11) is -3.67. The minimum absolute atomic E-state index is 0.177. The van der Waals surface area contributed by atoms with Crippen LogP contribution in [0.4, 0.5) is 0 Å². The normalized spacial score (nSPS) is 13.2. The van der Waals surface area contributed by atoms with Crippen LogP contribution in [0.2, 0.25) is 0 Å². The maximum atomic E-state index is 13.6. The molecule has 1 N–H and O–H groups in total. The highest BCUT2D eigenvalue weighted by Crippen LogP contribution is 2.60. The van der Waals surface area contributed by atoms with Gasteiger partial charge < -0.3 is 14.0 Å². The van der Waals surface area contributed by atoms with Crippen molar-refractivity contribution in [3.63, 3.8) is 0 Å². The van der Waals surface area contributed by atoms with Gasteiger partial charge in [-0.3, -0.25) is 18.7 Å². The number of nitrogens with one attached hydrogen (secondary N) is 1. The topological polar surface area (TPSA) is 90.4 Å². The van der Waals surface area contributed by atoms with Gasteiger partial charge in [-0.15, -0.1) is 0 Å². The van der Waals surface area contributed by atoms with Gasteiger partial charge in [-0.05, 0) is 31.7 Å². The Morgan fingerprint density at radius 2 is 1.71 bits per heavy atom. The van der Waals surface area contributed by atoms with Crippen molar-refractivity contribution in [2.75, 3.05) is 13.2 Å². The van der Waals surface area contributed by atoms with Gasteiger partial charge in [-0.25, -0.2) is 0 Å². The van der Waals surface area contributed by atoms with Crippen LogP contribution >= 0.6 is 7.60 Å². The number of hydrogen-bond donors (Lipinski definition) is 1. The second kappa shape index (κ2) is 8.43. The molecule has 7 nitrogen and oxygen atoms in total. The van der Waals surface area contributed by atoms with Gasteiger partial charge in [0, 0.05) is 5.39 Å². The fourth-order valence-corrected chi connectivity index (χ4v) is 5.75. The lowest BCUT2D eigenvalue weighted by molar-refractivity contribution is 0.201. The second-order valence-corrected chi connectivity index (χ2v) is 8.65. The highest BCUT2D eigenvalue weighted by atomic mass is 31.2. The Morgan fingerprint density at radius 3 is 2.36 bits per heavy atom. The number of aromatic amines is 1. The number of H-pyrrole nitrogens is 1. The van der Waals surface area contributed by atoms with E-state index >= 15 is 0 Å². The van der Waals surface area contributed by atoms with Gasteiger partial charge in [0.1, 0.15) is 5.78 Å². The molecule has 0 aliphatic rings. The van der Waals surface area contributed by atoms with E-state index in [4.69, 9.17) is 9.05 Å². The number of aromatic nitrogens is 2. The van der Waals surface area contributed by atoms with Crippen molar-refractivity contribution >= 4 is 29.4 Å². The van der Waals surface area contributed by atoms with Gasteiger partial charge >= 0.3 is 18.7 Å². The second-order valence-electron chi connectivity index (χ2n) is 6.45. The summed E-state index contributed by atoms with van der Waals surface area (Å²) >= 11 is 0. The average molecular weight is 404 g/mol. The predicted molar refractivity (Wildman–Crippen MR) is 111 cm³/mol. The molecule has 0 saturated heterocycles. The van der Waals surface area contributed by atoms with Crippen LogP contribution in [0.15, 0.2) is 46.0 Å². The zero-order chi connectivity index (χ0) is 20.3. The Balaban J connectivity index is 2.40. The third-order valence-electron chi connectivity index (χ3n) is 4.65. The van der Waals surface area contributed by atoms with Crippen LogP contribution in [-0.2, 0) is 13.6 Å². The molecule has 1 atom stereocenters. The number of hydrogen-bond acceptors (Lipinski definition) is 5. The lowest BCUT2D eigenvalue weighted by Crippen LogP contribution is -2.38. The van der Waals surface area contributed by atoms with E-state index in [2.05, 4.69) is 4.98 Å². The van der Waals surface area contributed by atoms with Crippen LogP contribution in [0.3, 0.4) is 0 Å². The van der Waals surface area contributed by atoms with E-state index < -0.39 is 24.5 Å². The largest absolute Gasteiger partial charge is 0.353 e. The summed E-state index contributed by atoms with van der Waals surface area (Å²) in [6, 6.07) is 11.2. The highest BCUT2D eigenvalue weighted by Gasteiger charge is 2.38. The summed E-state index contributed by atoms with van der Waals surface area (Å²) in [5.41, 5.74) is -0.491. The minimum Gasteiger partial charge on any atom is -0.315 e. The zero-order valence-electron chi connectivity index (χ0n) is 16.3. The summed E-state index contributed by atoms with van der Waals surface area (Å²) in [5.74, 6) is -0.879. The fraction of sp³-hybridized carbons (Fsp3) is 0.400. The monoisotopic (exact) mass is 404 g/mol. The van der Waals surface area contributed by atoms with Crippen molar-refractivity contribution in [1.29, 1.82) is 0 Å². The number of fused-ring (bicyclic) bond motifs is 3. The molecule has 8 heteroatoms. The molecular formula is C20H25N2O5P. The van der Waals surface area contributed by atoms with Crippen molar-refractivity contribution in [3.05, 3.63) is 57.1 Å². The van der Waals surface area contributed by atoms with Gasteiger partial charge in [0.25, 0.3) is 0 Å². The van der Waals surface area contributed by atoms with Gasteiger partial charge in [-0.1, -0.05) is 43.7 Å². The van der Waals surface area contributed by atoms with Gasteiger partial charge in [0.2, 0.25) is 0 Å². The standard InChI is InChI=1S/C20H25N2O5P/c1-4-9-17(28(25,26-5-2)27-6-3)22-16-13-12-14-10-7-8-11-15(14)18(16)21-19(23)20(22)24/h7-8,10-13,17H,4-6,9H2,1-3H3,(H,21,23). The molecule has 28 heavy (non-hydrogen) atoms. The minimum atomic E-state index is -3.67. The molecule has 0 amide bonds. The van der Waals surface area contributed by atoms with E-state index in [0.717, 1.165) is 10.8 Å². The molecule has 0 bridgehead atoms. The first-order valence-corrected chi connectivity index (χ1v) is 11.1. The summed E-state index contributed by atoms with van der Waals surface area (Å²) < 4.78 is 25.9. The fourth-order valence-electron chi connectivity index (χ4n) is 3.53. The number of rotatable bonds is 8. The van der Waals surface area contributed by atoms with E-state index in [9.17, 15) is 14.2 Å². The first-order valence-electron chi connectivity index (χ1n) is 9.51. The molecule has 0 saturated carbocycles. The molecule has 1 aromatic heterocycles. The van der Waals surface area contributed by atoms with Crippen LogP contribution in [-0.4, -0.2) is 22.8 Å². The van der Waals surface area contributed by atoms with E-state index in [0.29, 0.717) is 23.9 Å². The van der Waals surface area contributed by atoms with Crippen molar-refractivity contribution in [1.82, 2.24) is 9.55 Å². The van der Waals surface area contributed by atoms with Crippen LogP contribution in [0.25, 0.3) is 21.8 Å². The van der Waals surface area contributed by atoms with Crippen molar-refractivity contribution in [2.45, 2.75) is 39.4 Å².